The topological polar surface area (TPSA) is 91.3 Å². The molecule has 8 nitrogen and oxygen atoms in total. The minimum Gasteiger partial charge on any atom is -0.361 e. The van der Waals surface area contributed by atoms with Crippen molar-refractivity contribution in [3.8, 4) is 0 Å². The molecule has 0 saturated carbocycles. The molecule has 2 aromatic carbocycles. The van der Waals surface area contributed by atoms with E-state index in [2.05, 4.69) is 30.0 Å². The number of nitrogens with one attached hydrogen (secondary N) is 1. The second-order valence-corrected chi connectivity index (χ2v) is 17.1. The number of rotatable bonds is 9. The van der Waals surface area contributed by atoms with Gasteiger partial charge in [0, 0.05) is 39.5 Å². The molecular formula is C29H33FN4O4Si. The molecule has 3 heterocycles. The number of urea groups is 1. The Kier molecular flexibility index (Phi) is 7.26. The molecule has 0 aromatic heterocycles. The minimum atomic E-state index is -1.50. The lowest BCUT2D eigenvalue weighted by Gasteiger charge is -2.32. The molecule has 39 heavy (non-hydrogen) atoms. The molecule has 0 spiro atoms. The molecule has 0 bridgehead atoms. The molecule has 1 fully saturated rings. The van der Waals surface area contributed by atoms with Gasteiger partial charge in [0.15, 0.2) is 5.54 Å². The summed E-state index contributed by atoms with van der Waals surface area (Å²) in [6.45, 7) is 7.82. The number of hydrogen-bond acceptors (Lipinski definition) is 5. The summed E-state index contributed by atoms with van der Waals surface area (Å²) in [5.41, 5.74) is 2.15. The van der Waals surface area contributed by atoms with E-state index in [-0.39, 0.29) is 31.3 Å². The number of dihydropyridines is 1. The Morgan fingerprint density at radius 1 is 1.10 bits per heavy atom. The molecule has 3 aliphatic heterocycles. The lowest BCUT2D eigenvalue weighted by molar-refractivity contribution is -0.135. The Morgan fingerprint density at radius 2 is 1.87 bits per heavy atom. The van der Waals surface area contributed by atoms with Gasteiger partial charge < -0.3 is 15.0 Å². The number of imide groups is 1. The van der Waals surface area contributed by atoms with Crippen LogP contribution in [0.25, 0.3) is 5.57 Å². The van der Waals surface area contributed by atoms with Gasteiger partial charge in [-0.3, -0.25) is 14.6 Å². The normalized spacial score (nSPS) is 20.9. The quantitative estimate of drug-likeness (QED) is 0.286. The van der Waals surface area contributed by atoms with Crippen molar-refractivity contribution in [3.05, 3.63) is 76.6 Å². The number of allylic oxidation sites excluding steroid dienone is 1. The van der Waals surface area contributed by atoms with Crippen molar-refractivity contribution in [2.45, 2.75) is 44.2 Å². The molecule has 5 rings (SSSR count). The second kappa shape index (κ2) is 10.5. The van der Waals surface area contributed by atoms with E-state index in [0.717, 1.165) is 35.0 Å². The van der Waals surface area contributed by atoms with Crippen molar-refractivity contribution in [2.24, 2.45) is 4.99 Å². The summed E-state index contributed by atoms with van der Waals surface area (Å²) >= 11 is 0. The van der Waals surface area contributed by atoms with Gasteiger partial charge in [-0.2, -0.15) is 0 Å². The molecule has 1 N–H and O–H groups in total. The Labute approximate surface area is 228 Å². The largest absolute Gasteiger partial charge is 0.361 e. The van der Waals surface area contributed by atoms with E-state index in [1.807, 2.05) is 30.3 Å². The fourth-order valence-corrected chi connectivity index (χ4v) is 5.87. The van der Waals surface area contributed by atoms with Crippen LogP contribution in [0.4, 0.5) is 9.18 Å². The van der Waals surface area contributed by atoms with Gasteiger partial charge in [0.2, 0.25) is 0 Å². The van der Waals surface area contributed by atoms with E-state index >= 15 is 0 Å². The van der Waals surface area contributed by atoms with Crippen LogP contribution >= 0.6 is 0 Å². The van der Waals surface area contributed by atoms with Gasteiger partial charge in [-0.05, 0) is 52.9 Å². The third kappa shape index (κ3) is 5.44. The van der Waals surface area contributed by atoms with Crippen LogP contribution in [0.1, 0.15) is 33.5 Å². The van der Waals surface area contributed by atoms with Gasteiger partial charge in [-0.1, -0.05) is 50.0 Å². The number of carbonyl (C=O) groups excluding carboxylic acids is 3. The molecular weight excluding hydrogens is 515 g/mol. The van der Waals surface area contributed by atoms with Gasteiger partial charge in [0.25, 0.3) is 11.8 Å². The lowest BCUT2D eigenvalue weighted by atomic mass is 9.87. The van der Waals surface area contributed by atoms with Crippen molar-refractivity contribution < 1.29 is 23.5 Å². The first-order valence-corrected chi connectivity index (χ1v) is 16.9. The zero-order valence-electron chi connectivity index (χ0n) is 22.5. The fourth-order valence-electron chi connectivity index (χ4n) is 5.11. The smallest absolute Gasteiger partial charge is 0.327 e. The summed E-state index contributed by atoms with van der Waals surface area (Å²) in [4.78, 5) is 47.2. The molecule has 1 saturated heterocycles. The highest BCUT2D eigenvalue weighted by Crippen LogP contribution is 2.35. The van der Waals surface area contributed by atoms with E-state index in [1.165, 1.54) is 17.0 Å². The molecule has 0 radical (unpaired) electrons. The van der Waals surface area contributed by atoms with Gasteiger partial charge in [-0.15, -0.1) is 0 Å². The van der Waals surface area contributed by atoms with Crippen molar-refractivity contribution in [2.75, 3.05) is 26.4 Å². The number of hydrogen-bond donors (Lipinski definition) is 1. The van der Waals surface area contributed by atoms with Crippen LogP contribution in [0.5, 0.6) is 0 Å². The van der Waals surface area contributed by atoms with Crippen molar-refractivity contribution in [1.82, 2.24) is 15.1 Å². The number of carbonyl (C=O) groups is 3. The number of amides is 4. The maximum absolute atomic E-state index is 14.0. The van der Waals surface area contributed by atoms with Crippen LogP contribution in [0, 0.1) is 5.82 Å². The molecule has 4 amide bonds. The number of nitrogens with zero attached hydrogens (tertiary/aromatic N) is 3. The van der Waals surface area contributed by atoms with Gasteiger partial charge in [0.1, 0.15) is 12.5 Å². The monoisotopic (exact) mass is 548 g/mol. The third-order valence-electron chi connectivity index (χ3n) is 7.41. The van der Waals surface area contributed by atoms with Gasteiger partial charge >= 0.3 is 6.03 Å². The summed E-state index contributed by atoms with van der Waals surface area (Å²) in [5.74, 6) is -1.35. The molecule has 0 unspecified atom stereocenters. The minimum absolute atomic E-state index is 0.0905. The van der Waals surface area contributed by atoms with Crippen molar-refractivity contribution in [1.29, 1.82) is 0 Å². The zero-order valence-corrected chi connectivity index (χ0v) is 23.5. The van der Waals surface area contributed by atoms with E-state index in [9.17, 15) is 18.8 Å². The van der Waals surface area contributed by atoms with Crippen LogP contribution in [0.2, 0.25) is 25.7 Å². The molecule has 10 heteroatoms. The summed E-state index contributed by atoms with van der Waals surface area (Å²) in [7, 11) is -1.35. The molecule has 1 atom stereocenters. The third-order valence-corrected chi connectivity index (χ3v) is 9.12. The first-order valence-electron chi connectivity index (χ1n) is 13.2. The predicted molar refractivity (Wildman–Crippen MR) is 150 cm³/mol. The second-order valence-electron chi connectivity index (χ2n) is 11.5. The Hall–Kier alpha value is -3.63. The Balaban J connectivity index is 1.44. The molecule has 3 aliphatic rings. The lowest BCUT2D eigenvalue weighted by Crippen LogP contribution is -2.53. The number of fused-ring (bicyclic) bond motifs is 1. The SMILES string of the molecule is C[Si](C)(C)CCOCN1C(=O)N[C@@](CN2Cc3ccc(F)cc3C2=O)(c2ccc(C3=CC=NCC3)cc2)C1=O. The predicted octanol–water partition coefficient (Wildman–Crippen LogP) is 4.40. The summed E-state index contributed by atoms with van der Waals surface area (Å²) < 4.78 is 19.6. The average Bonchev–Trinajstić information content (AvgIpc) is 3.34. The number of ether oxygens (including phenoxy) is 1. The Morgan fingerprint density at radius 3 is 2.56 bits per heavy atom. The maximum atomic E-state index is 14.0. The first kappa shape index (κ1) is 27.0. The maximum Gasteiger partial charge on any atom is 0.327 e. The first-order chi connectivity index (χ1) is 18.6. The fraction of sp³-hybridized carbons (Fsp3) is 0.379. The standard InChI is InChI=1S/C29H33FN4O4Si/c1-39(2,3)15-14-38-19-34-27(36)29(32-28(34)37,18-33-17-22-6-9-24(30)16-25(22)26(33)35)23-7-4-20(5-8-23)21-10-12-31-13-11-21/h4-10,12,16H,11,13-15,17-19H2,1-3H3,(H,32,37)/t29-/m0/s1. The van der Waals surface area contributed by atoms with Crippen molar-refractivity contribution in [3.63, 3.8) is 0 Å². The van der Waals surface area contributed by atoms with E-state index < -0.39 is 31.4 Å². The van der Waals surface area contributed by atoms with Crippen LogP contribution in [0.3, 0.4) is 0 Å². The molecule has 0 aliphatic carbocycles. The number of benzene rings is 2. The Bertz CT molecular complexity index is 1370. The highest BCUT2D eigenvalue weighted by atomic mass is 28.3. The highest BCUT2D eigenvalue weighted by Gasteiger charge is 2.54. The van der Waals surface area contributed by atoms with Crippen LogP contribution in [-0.2, 0) is 21.6 Å². The molecule has 204 valence electrons. The summed E-state index contributed by atoms with van der Waals surface area (Å²) in [6, 6.07) is 11.9. The highest BCUT2D eigenvalue weighted by molar-refractivity contribution is 6.76. The van der Waals surface area contributed by atoms with Crippen LogP contribution in [-0.4, -0.2) is 68.4 Å². The van der Waals surface area contributed by atoms with Crippen LogP contribution < -0.4 is 5.32 Å². The zero-order chi connectivity index (χ0) is 27.8. The van der Waals surface area contributed by atoms with E-state index in [0.29, 0.717) is 17.7 Å². The van der Waals surface area contributed by atoms with Crippen molar-refractivity contribution >= 4 is 37.7 Å². The van der Waals surface area contributed by atoms with E-state index in [4.69, 9.17) is 4.74 Å². The summed E-state index contributed by atoms with van der Waals surface area (Å²) in [6.07, 6.45) is 4.57. The number of aliphatic imine (C=N–C) groups is 1. The molecule has 2 aromatic rings. The number of halogens is 1. The van der Waals surface area contributed by atoms with Gasteiger partial charge in [-0.25, -0.2) is 14.1 Å². The summed E-state index contributed by atoms with van der Waals surface area (Å²) in [5, 5.41) is 2.89. The van der Waals surface area contributed by atoms with E-state index in [1.54, 1.807) is 12.3 Å². The average molecular weight is 549 g/mol. The van der Waals surface area contributed by atoms with Gasteiger partial charge in [0.05, 0.1) is 6.54 Å². The van der Waals surface area contributed by atoms with Crippen LogP contribution in [0.15, 0.2) is 53.5 Å².